The maximum Gasteiger partial charge on any atom is 0.229 e. The van der Waals surface area contributed by atoms with Crippen molar-refractivity contribution in [1.29, 1.82) is 5.41 Å². The normalized spacial score (nSPS) is 9.57. The number of rotatable bonds is 3. The molecule has 0 heterocycles. The zero-order chi connectivity index (χ0) is 10.6. The highest BCUT2D eigenvalue weighted by atomic mass is 35.5. The van der Waals surface area contributed by atoms with Gasteiger partial charge in [-0.2, -0.15) is 0 Å². The van der Waals surface area contributed by atoms with Crippen molar-refractivity contribution in [3.63, 3.8) is 0 Å². The van der Waals surface area contributed by atoms with Gasteiger partial charge in [0.1, 0.15) is 0 Å². The van der Waals surface area contributed by atoms with Gasteiger partial charge in [-0.15, -0.1) is 0 Å². The van der Waals surface area contributed by atoms with E-state index in [9.17, 15) is 4.79 Å². The maximum atomic E-state index is 11.2. The van der Waals surface area contributed by atoms with E-state index in [1.54, 1.807) is 6.07 Å². The van der Waals surface area contributed by atoms with Crippen LogP contribution in [0.1, 0.15) is 12.0 Å². The molecule has 0 aliphatic rings. The smallest absolute Gasteiger partial charge is 0.229 e. The molecule has 0 bridgehead atoms. The van der Waals surface area contributed by atoms with E-state index in [-0.39, 0.29) is 12.3 Å². The summed E-state index contributed by atoms with van der Waals surface area (Å²) >= 11 is 5.90. The van der Waals surface area contributed by atoms with Crippen LogP contribution in [-0.2, 0) is 4.79 Å². The summed E-state index contributed by atoms with van der Waals surface area (Å²) in [4.78, 5) is 11.2. The monoisotopic (exact) mass is 210 g/mol. The second kappa shape index (κ2) is 4.77. The van der Waals surface area contributed by atoms with Crippen molar-refractivity contribution in [3.05, 3.63) is 28.8 Å². The van der Waals surface area contributed by atoms with Crippen molar-refractivity contribution < 1.29 is 4.79 Å². The number of anilines is 1. The summed E-state index contributed by atoms with van der Waals surface area (Å²) < 4.78 is 0. The summed E-state index contributed by atoms with van der Waals surface area (Å²) in [5, 5.41) is 9.96. The molecule has 0 aliphatic carbocycles. The van der Waals surface area contributed by atoms with Gasteiger partial charge in [-0.3, -0.25) is 4.79 Å². The third-order valence-electron chi connectivity index (χ3n) is 1.77. The molecule has 2 N–H and O–H groups in total. The van der Waals surface area contributed by atoms with Gasteiger partial charge in [-0.25, -0.2) is 0 Å². The SMILES string of the molecule is Cc1cccc(Cl)c1NC(=O)CC=N. The average Bonchev–Trinajstić information content (AvgIpc) is 2.12. The average molecular weight is 211 g/mol. The van der Waals surface area contributed by atoms with Crippen molar-refractivity contribution in [3.8, 4) is 0 Å². The molecule has 0 saturated heterocycles. The number of hydrogen-bond donors (Lipinski definition) is 2. The fourth-order valence-electron chi connectivity index (χ4n) is 1.07. The molecule has 0 aliphatic heterocycles. The second-order valence-corrected chi connectivity index (χ2v) is 3.30. The highest BCUT2D eigenvalue weighted by Crippen LogP contribution is 2.25. The Morgan fingerprint density at radius 3 is 2.93 bits per heavy atom. The number of nitrogens with one attached hydrogen (secondary N) is 2. The molecule has 0 saturated carbocycles. The Hall–Kier alpha value is -1.35. The van der Waals surface area contributed by atoms with Gasteiger partial charge in [0, 0.05) is 6.21 Å². The van der Waals surface area contributed by atoms with Crippen molar-refractivity contribution in [2.75, 3.05) is 5.32 Å². The van der Waals surface area contributed by atoms with Gasteiger partial charge in [-0.05, 0) is 18.6 Å². The van der Waals surface area contributed by atoms with E-state index in [2.05, 4.69) is 5.32 Å². The van der Waals surface area contributed by atoms with Crippen LogP contribution in [0.25, 0.3) is 0 Å². The van der Waals surface area contributed by atoms with Crippen LogP contribution in [0.15, 0.2) is 18.2 Å². The third-order valence-corrected chi connectivity index (χ3v) is 2.09. The van der Waals surface area contributed by atoms with Gasteiger partial charge < -0.3 is 10.7 Å². The molecule has 0 atom stereocenters. The zero-order valence-electron chi connectivity index (χ0n) is 7.80. The number of hydrogen-bond acceptors (Lipinski definition) is 2. The van der Waals surface area contributed by atoms with Crippen LogP contribution in [0, 0.1) is 12.3 Å². The molecular formula is C10H11ClN2O. The maximum absolute atomic E-state index is 11.2. The molecule has 0 spiro atoms. The fraction of sp³-hybridized carbons (Fsp3) is 0.200. The Morgan fingerprint density at radius 1 is 1.64 bits per heavy atom. The number of benzene rings is 1. The Labute approximate surface area is 87.6 Å². The third kappa shape index (κ3) is 2.57. The Kier molecular flexibility index (Phi) is 3.65. The molecule has 1 aromatic rings. The van der Waals surface area contributed by atoms with Crippen LogP contribution in [-0.4, -0.2) is 12.1 Å². The van der Waals surface area contributed by atoms with Gasteiger partial charge in [0.05, 0.1) is 17.1 Å². The minimum absolute atomic E-state index is 0.0741. The molecule has 3 nitrogen and oxygen atoms in total. The summed E-state index contributed by atoms with van der Waals surface area (Å²) in [7, 11) is 0. The van der Waals surface area contributed by atoms with Crippen LogP contribution in [0.2, 0.25) is 5.02 Å². The zero-order valence-corrected chi connectivity index (χ0v) is 8.56. The first-order valence-electron chi connectivity index (χ1n) is 4.19. The Bertz CT molecular complexity index is 343. The van der Waals surface area contributed by atoms with Crippen LogP contribution >= 0.6 is 11.6 Å². The van der Waals surface area contributed by atoms with Crippen LogP contribution in [0.3, 0.4) is 0 Å². The Balaban J connectivity index is 2.85. The molecule has 74 valence electrons. The molecule has 1 rings (SSSR count). The van der Waals surface area contributed by atoms with E-state index in [0.717, 1.165) is 11.8 Å². The van der Waals surface area contributed by atoms with Crippen molar-refractivity contribution in [1.82, 2.24) is 0 Å². The second-order valence-electron chi connectivity index (χ2n) is 2.89. The van der Waals surface area contributed by atoms with Crippen molar-refractivity contribution in [2.45, 2.75) is 13.3 Å². The van der Waals surface area contributed by atoms with Crippen LogP contribution in [0.4, 0.5) is 5.69 Å². The lowest BCUT2D eigenvalue weighted by Crippen LogP contribution is -2.12. The number of carbonyl (C=O) groups excluding carboxylic acids is 1. The van der Waals surface area contributed by atoms with Crippen LogP contribution in [0.5, 0.6) is 0 Å². The fourth-order valence-corrected chi connectivity index (χ4v) is 1.34. The molecule has 0 aromatic heterocycles. The van der Waals surface area contributed by atoms with Gasteiger partial charge >= 0.3 is 0 Å². The first-order valence-corrected chi connectivity index (χ1v) is 4.57. The van der Waals surface area contributed by atoms with Crippen LogP contribution < -0.4 is 5.32 Å². The molecule has 14 heavy (non-hydrogen) atoms. The molecule has 0 fully saturated rings. The molecule has 0 radical (unpaired) electrons. The molecule has 4 heteroatoms. The lowest BCUT2D eigenvalue weighted by atomic mass is 10.2. The summed E-state index contributed by atoms with van der Waals surface area (Å²) in [5.74, 6) is -0.226. The van der Waals surface area contributed by atoms with E-state index in [1.165, 1.54) is 0 Å². The lowest BCUT2D eigenvalue weighted by Gasteiger charge is -2.08. The first-order chi connectivity index (χ1) is 6.65. The van der Waals surface area contributed by atoms with E-state index in [4.69, 9.17) is 17.0 Å². The van der Waals surface area contributed by atoms with E-state index in [1.807, 2.05) is 19.1 Å². The molecular weight excluding hydrogens is 200 g/mol. The summed E-state index contributed by atoms with van der Waals surface area (Å²) in [6, 6.07) is 5.41. The van der Waals surface area contributed by atoms with E-state index < -0.39 is 0 Å². The number of aryl methyl sites for hydroxylation is 1. The molecule has 1 aromatic carbocycles. The summed E-state index contributed by atoms with van der Waals surface area (Å²) in [6.45, 7) is 1.87. The van der Waals surface area contributed by atoms with Gasteiger partial charge in [0.25, 0.3) is 0 Å². The lowest BCUT2D eigenvalue weighted by molar-refractivity contribution is -0.115. The summed E-state index contributed by atoms with van der Waals surface area (Å²) in [5.41, 5.74) is 1.54. The summed E-state index contributed by atoms with van der Waals surface area (Å²) in [6.07, 6.45) is 1.13. The highest BCUT2D eigenvalue weighted by Gasteiger charge is 2.06. The number of para-hydroxylation sites is 1. The predicted octanol–water partition coefficient (Wildman–Crippen LogP) is 2.63. The first kappa shape index (κ1) is 10.7. The largest absolute Gasteiger partial charge is 0.324 e. The Morgan fingerprint density at radius 2 is 2.36 bits per heavy atom. The van der Waals surface area contributed by atoms with Crippen molar-refractivity contribution in [2.24, 2.45) is 0 Å². The number of carbonyl (C=O) groups is 1. The standard InChI is InChI=1S/C10H11ClN2O/c1-7-3-2-4-8(11)10(7)13-9(14)5-6-12/h2-4,6,12H,5H2,1H3,(H,13,14). The molecule has 1 amide bonds. The van der Waals surface area contributed by atoms with E-state index >= 15 is 0 Å². The minimum atomic E-state index is -0.226. The highest BCUT2D eigenvalue weighted by molar-refractivity contribution is 6.34. The predicted molar refractivity (Wildman–Crippen MR) is 58.2 cm³/mol. The number of amides is 1. The molecule has 0 unspecified atom stereocenters. The van der Waals surface area contributed by atoms with Gasteiger partial charge in [-0.1, -0.05) is 23.7 Å². The van der Waals surface area contributed by atoms with E-state index in [0.29, 0.717) is 10.7 Å². The minimum Gasteiger partial charge on any atom is -0.324 e. The number of halogens is 1. The van der Waals surface area contributed by atoms with Gasteiger partial charge in [0.2, 0.25) is 5.91 Å². The van der Waals surface area contributed by atoms with Crippen molar-refractivity contribution >= 4 is 29.4 Å². The quantitative estimate of drug-likeness (QED) is 0.741. The van der Waals surface area contributed by atoms with Gasteiger partial charge in [0.15, 0.2) is 0 Å². The topological polar surface area (TPSA) is 53.0 Å².